The number of nitriles is 1. The van der Waals surface area contributed by atoms with Crippen LogP contribution in [0, 0.1) is 11.3 Å². The second-order valence-corrected chi connectivity index (χ2v) is 2.65. The van der Waals surface area contributed by atoms with Gasteiger partial charge < -0.3 is 0 Å². The van der Waals surface area contributed by atoms with E-state index in [1.165, 1.54) is 12.3 Å². The summed E-state index contributed by atoms with van der Waals surface area (Å²) >= 11 is 0. The van der Waals surface area contributed by atoms with E-state index in [0.29, 0.717) is 16.8 Å². The van der Waals surface area contributed by atoms with Gasteiger partial charge in [0.25, 0.3) is 0 Å². The molecular weight excluding hydrogens is 164 g/mol. The lowest BCUT2D eigenvalue weighted by atomic mass is 10.0. The van der Waals surface area contributed by atoms with Crippen molar-refractivity contribution in [1.82, 2.24) is 5.32 Å². The van der Waals surface area contributed by atoms with Gasteiger partial charge in [-0.15, -0.1) is 0 Å². The van der Waals surface area contributed by atoms with Crippen molar-refractivity contribution in [3.8, 4) is 6.07 Å². The molecule has 3 nitrogen and oxygen atoms in total. The van der Waals surface area contributed by atoms with E-state index in [9.17, 15) is 4.79 Å². The van der Waals surface area contributed by atoms with E-state index >= 15 is 0 Å². The van der Waals surface area contributed by atoms with E-state index in [-0.39, 0.29) is 5.78 Å². The third kappa shape index (κ3) is 1.18. The summed E-state index contributed by atoms with van der Waals surface area (Å²) in [4.78, 5) is 11.3. The highest BCUT2D eigenvalue weighted by atomic mass is 16.1. The summed E-state index contributed by atoms with van der Waals surface area (Å²) in [6, 6.07) is 6.86. The lowest BCUT2D eigenvalue weighted by Gasteiger charge is -2.08. The third-order valence-electron chi connectivity index (χ3n) is 1.83. The van der Waals surface area contributed by atoms with Crippen molar-refractivity contribution < 1.29 is 4.79 Å². The standard InChI is InChI=1S/C10H5N2O/c11-6-7-1-2-9-8(5-7)10(13)3-4-12-9/h1-5H. The topological polar surface area (TPSA) is 55.0 Å². The van der Waals surface area contributed by atoms with Crippen LogP contribution >= 0.6 is 0 Å². The van der Waals surface area contributed by atoms with Crippen LogP contribution in [-0.2, 0) is 0 Å². The number of allylic oxidation sites excluding steroid dienone is 1. The number of fused-ring (bicyclic) bond motifs is 1. The molecule has 1 aromatic carbocycles. The maximum absolute atomic E-state index is 11.3. The molecule has 0 fully saturated rings. The van der Waals surface area contributed by atoms with Gasteiger partial charge in [-0.25, -0.2) is 0 Å². The second-order valence-electron chi connectivity index (χ2n) is 2.65. The Morgan fingerprint density at radius 2 is 2.23 bits per heavy atom. The minimum Gasteiger partial charge on any atom is -0.289 e. The fraction of sp³-hybridized carbons (Fsp3) is 0. The van der Waals surface area contributed by atoms with Gasteiger partial charge in [-0.3, -0.25) is 10.1 Å². The largest absolute Gasteiger partial charge is 0.289 e. The van der Waals surface area contributed by atoms with Crippen LogP contribution in [0.4, 0.5) is 5.69 Å². The summed E-state index contributed by atoms with van der Waals surface area (Å²) in [6.07, 6.45) is 2.86. The molecular formula is C10H5N2O. The predicted octanol–water partition coefficient (Wildman–Crippen LogP) is 1.50. The minimum atomic E-state index is -0.0953. The molecule has 1 aliphatic rings. The Bertz CT molecular complexity index is 441. The Kier molecular flexibility index (Phi) is 1.60. The predicted molar refractivity (Wildman–Crippen MR) is 46.4 cm³/mol. The molecule has 0 saturated carbocycles. The summed E-state index contributed by atoms with van der Waals surface area (Å²) in [6.45, 7) is 0. The molecule has 1 aliphatic heterocycles. The zero-order valence-corrected chi connectivity index (χ0v) is 6.69. The van der Waals surface area contributed by atoms with Gasteiger partial charge in [-0.1, -0.05) is 0 Å². The van der Waals surface area contributed by atoms with Gasteiger partial charge >= 0.3 is 0 Å². The Morgan fingerprint density at radius 1 is 1.38 bits per heavy atom. The van der Waals surface area contributed by atoms with Crippen LogP contribution < -0.4 is 5.32 Å². The van der Waals surface area contributed by atoms with Crippen molar-refractivity contribution in [2.75, 3.05) is 0 Å². The van der Waals surface area contributed by atoms with E-state index < -0.39 is 0 Å². The van der Waals surface area contributed by atoms with Crippen LogP contribution in [-0.4, -0.2) is 5.78 Å². The Balaban J connectivity index is 2.59. The molecule has 0 aromatic heterocycles. The number of nitrogens with zero attached hydrogens (tertiary/aromatic N) is 2. The summed E-state index contributed by atoms with van der Waals surface area (Å²) in [5.41, 5.74) is 1.62. The molecule has 0 aliphatic carbocycles. The van der Waals surface area contributed by atoms with Crippen LogP contribution in [0.2, 0.25) is 0 Å². The molecule has 0 unspecified atom stereocenters. The second kappa shape index (κ2) is 2.76. The summed E-state index contributed by atoms with van der Waals surface area (Å²) in [7, 11) is 0. The van der Waals surface area contributed by atoms with Gasteiger partial charge in [0.05, 0.1) is 17.3 Å². The van der Waals surface area contributed by atoms with Crippen LogP contribution in [0.25, 0.3) is 0 Å². The maximum Gasteiger partial charge on any atom is 0.189 e. The van der Waals surface area contributed by atoms with Crippen molar-refractivity contribution in [3.05, 3.63) is 41.6 Å². The number of hydrogen-bond acceptors (Lipinski definition) is 2. The normalized spacial score (nSPS) is 13.0. The van der Waals surface area contributed by atoms with Gasteiger partial charge in [0, 0.05) is 17.8 Å². The number of carbonyl (C=O) groups is 1. The van der Waals surface area contributed by atoms with Crippen molar-refractivity contribution >= 4 is 11.5 Å². The van der Waals surface area contributed by atoms with Gasteiger partial charge in [-0.2, -0.15) is 5.26 Å². The van der Waals surface area contributed by atoms with Crippen LogP contribution in [0.15, 0.2) is 30.5 Å². The van der Waals surface area contributed by atoms with Crippen molar-refractivity contribution in [3.63, 3.8) is 0 Å². The van der Waals surface area contributed by atoms with E-state index in [2.05, 4.69) is 5.32 Å². The summed E-state index contributed by atoms with van der Waals surface area (Å²) < 4.78 is 0. The number of ketones is 1. The van der Waals surface area contributed by atoms with E-state index in [1.54, 1.807) is 18.2 Å². The molecule has 1 radical (unpaired) electrons. The Hall–Kier alpha value is -2.08. The summed E-state index contributed by atoms with van der Waals surface area (Å²) in [5.74, 6) is -0.0953. The molecule has 0 atom stereocenters. The molecule has 0 saturated heterocycles. The SMILES string of the molecule is N#Cc1ccc2c(c1)C(=O)C=C[N]2. The molecule has 61 valence electrons. The molecule has 0 spiro atoms. The van der Waals surface area contributed by atoms with E-state index in [1.807, 2.05) is 6.07 Å². The maximum atomic E-state index is 11.3. The zero-order valence-electron chi connectivity index (χ0n) is 6.69. The van der Waals surface area contributed by atoms with Gasteiger partial charge in [0.15, 0.2) is 5.78 Å². The average molecular weight is 169 g/mol. The van der Waals surface area contributed by atoms with Crippen molar-refractivity contribution in [2.45, 2.75) is 0 Å². The summed E-state index contributed by atoms with van der Waals surface area (Å²) in [5, 5.41) is 12.6. The fourth-order valence-electron chi connectivity index (χ4n) is 1.19. The first-order valence-electron chi connectivity index (χ1n) is 3.77. The van der Waals surface area contributed by atoms with Crippen LogP contribution in [0.3, 0.4) is 0 Å². The van der Waals surface area contributed by atoms with Gasteiger partial charge in [0.1, 0.15) is 0 Å². The molecule has 0 N–H and O–H groups in total. The molecule has 1 aromatic rings. The van der Waals surface area contributed by atoms with Crippen LogP contribution in [0.1, 0.15) is 15.9 Å². The number of rotatable bonds is 0. The third-order valence-corrected chi connectivity index (χ3v) is 1.83. The quantitative estimate of drug-likeness (QED) is 0.591. The van der Waals surface area contributed by atoms with Crippen molar-refractivity contribution in [2.24, 2.45) is 0 Å². The molecule has 3 heteroatoms. The highest BCUT2D eigenvalue weighted by Gasteiger charge is 2.13. The Morgan fingerprint density at radius 3 is 3.00 bits per heavy atom. The smallest absolute Gasteiger partial charge is 0.189 e. The Labute approximate surface area is 75.3 Å². The fourth-order valence-corrected chi connectivity index (χ4v) is 1.19. The highest BCUT2D eigenvalue weighted by molar-refractivity contribution is 6.09. The van der Waals surface area contributed by atoms with Crippen molar-refractivity contribution in [1.29, 1.82) is 5.26 Å². The first-order chi connectivity index (χ1) is 6.31. The van der Waals surface area contributed by atoms with E-state index in [4.69, 9.17) is 5.26 Å². The lowest BCUT2D eigenvalue weighted by Crippen LogP contribution is -2.06. The molecule has 2 rings (SSSR count). The van der Waals surface area contributed by atoms with Crippen LogP contribution in [0.5, 0.6) is 0 Å². The number of benzene rings is 1. The molecule has 0 bridgehead atoms. The number of carbonyl (C=O) groups excluding carboxylic acids is 1. The zero-order chi connectivity index (χ0) is 9.26. The van der Waals surface area contributed by atoms with Gasteiger partial charge in [0.2, 0.25) is 0 Å². The minimum absolute atomic E-state index is 0.0953. The number of hydrogen-bond donors (Lipinski definition) is 0. The van der Waals surface area contributed by atoms with Gasteiger partial charge in [-0.05, 0) is 18.2 Å². The molecule has 1 heterocycles. The average Bonchev–Trinajstić information content (AvgIpc) is 2.18. The molecule has 0 amide bonds. The van der Waals surface area contributed by atoms with E-state index in [0.717, 1.165) is 0 Å². The first kappa shape index (κ1) is 7.56. The first-order valence-corrected chi connectivity index (χ1v) is 3.77. The highest BCUT2D eigenvalue weighted by Crippen LogP contribution is 2.21. The lowest BCUT2D eigenvalue weighted by molar-refractivity contribution is 0.104. The molecule has 13 heavy (non-hydrogen) atoms. The monoisotopic (exact) mass is 169 g/mol.